The van der Waals surface area contributed by atoms with Crippen LogP contribution in [0.15, 0.2) is 0 Å². The Labute approximate surface area is 68.1 Å². The molecule has 0 N–H and O–H groups in total. The Hall–Kier alpha value is 0.519. The summed E-state index contributed by atoms with van der Waals surface area (Å²) >= 11 is 0. The molecule has 0 aliphatic heterocycles. The van der Waals surface area contributed by atoms with Crippen molar-refractivity contribution in [1.82, 2.24) is 0 Å². The molecule has 10 heavy (non-hydrogen) atoms. The Bertz CT molecular complexity index is 155. The first-order chi connectivity index (χ1) is 4.91. The van der Waals surface area contributed by atoms with Gasteiger partial charge < -0.3 is 0 Å². The van der Waals surface area contributed by atoms with Gasteiger partial charge in [-0.3, -0.25) is 0 Å². The fourth-order valence-corrected chi connectivity index (χ4v) is 0.471. The second-order valence-corrected chi connectivity index (χ2v) is 1.80. The van der Waals surface area contributed by atoms with Gasteiger partial charge in [0.1, 0.15) is 0 Å². The van der Waals surface area contributed by atoms with E-state index in [0.717, 1.165) is 6.32 Å². The first-order valence-electron chi connectivity index (χ1n) is 3.45. The van der Waals surface area contributed by atoms with Gasteiger partial charge in [-0.2, -0.15) is 0 Å². The molecule has 0 heterocycles. The summed E-state index contributed by atoms with van der Waals surface area (Å²) in [5.41, 5.74) is 0. The van der Waals surface area contributed by atoms with Gasteiger partial charge in [0.15, 0.2) is 0 Å². The molecule has 0 saturated heterocycles. The van der Waals surface area contributed by atoms with Crippen molar-refractivity contribution in [3.63, 3.8) is 0 Å². The van der Waals surface area contributed by atoms with Crippen molar-refractivity contribution in [2.24, 2.45) is 0 Å². The van der Waals surface area contributed by atoms with Gasteiger partial charge in [-0.25, -0.2) is 0 Å². The van der Waals surface area contributed by atoms with E-state index in [1.165, 1.54) is 6.69 Å². The van der Waals surface area contributed by atoms with Gasteiger partial charge in [-0.15, -0.1) is 0 Å². The van der Waals surface area contributed by atoms with E-state index in [9.17, 15) is 0 Å². The molecule has 0 atom stereocenters. The van der Waals surface area contributed by atoms with Crippen molar-refractivity contribution in [2.75, 3.05) is 0 Å². The van der Waals surface area contributed by atoms with Crippen LogP contribution < -0.4 is 0 Å². The molecule has 8 heteroatoms. The third kappa shape index (κ3) is 8.52. The predicted molar refractivity (Wildman–Crippen MR) is 56.5 cm³/mol. The molecular weight excluding hydrogens is 111 g/mol. The van der Waals surface area contributed by atoms with E-state index in [-0.39, 0.29) is 0 Å². The van der Waals surface area contributed by atoms with Gasteiger partial charge in [0.25, 0.3) is 0 Å². The van der Waals surface area contributed by atoms with Crippen LogP contribution in [0.2, 0.25) is 6.32 Å². The van der Waals surface area contributed by atoms with Crippen LogP contribution in [-0.4, -0.2) is 54.3 Å². The van der Waals surface area contributed by atoms with E-state index in [0.29, 0.717) is 0 Å². The minimum atomic E-state index is 1.08. The molecule has 0 fully saturated rings. The third-order valence-corrected chi connectivity index (χ3v) is 0.927. The Morgan fingerprint density at radius 2 is 1.60 bits per heavy atom. The monoisotopic (exact) mass is 117 g/mol. The molecule has 0 bridgehead atoms. The summed E-state index contributed by atoms with van der Waals surface area (Å²) in [5, 5.41) is 0. The van der Waals surface area contributed by atoms with Crippen LogP contribution in [0.4, 0.5) is 0 Å². The normalized spacial score (nSPS) is 6.80. The zero-order valence-electron chi connectivity index (χ0n) is 6.33. The molecule has 0 amide bonds. The van der Waals surface area contributed by atoms with Crippen LogP contribution in [-0.2, 0) is 0 Å². The SMILES string of the molecule is [B]=BB=BB=BB=BCC. The van der Waals surface area contributed by atoms with E-state index in [1.807, 2.05) is 26.8 Å². The Balaban J connectivity index is 3.46. The van der Waals surface area contributed by atoms with Gasteiger partial charge in [-0.1, -0.05) is 0 Å². The van der Waals surface area contributed by atoms with Crippen LogP contribution in [0.3, 0.4) is 0 Å². The van der Waals surface area contributed by atoms with Gasteiger partial charge in [0, 0.05) is 0 Å². The van der Waals surface area contributed by atoms with Gasteiger partial charge in [-0.05, 0) is 0 Å². The Morgan fingerprint density at radius 1 is 1.00 bits per heavy atom. The standard InChI is InChI=1S/C2H5B8/c1-2-4-6-8-10-9-7-5-3/h2H2,1H3. The zero-order valence-corrected chi connectivity index (χ0v) is 6.33. The molecule has 0 aliphatic rings. The molecule has 0 unspecified atom stereocenters. The van der Waals surface area contributed by atoms with Crippen LogP contribution in [0, 0.1) is 0 Å². The quantitative estimate of drug-likeness (QED) is 0.370. The summed E-state index contributed by atoms with van der Waals surface area (Å²) < 4.78 is 0. The summed E-state index contributed by atoms with van der Waals surface area (Å²) in [6, 6.07) is 0. The Morgan fingerprint density at radius 3 is 2.20 bits per heavy atom. The van der Waals surface area contributed by atoms with Gasteiger partial charge in [0.05, 0.1) is 0 Å². The maximum absolute atomic E-state index is 5.11. The van der Waals surface area contributed by atoms with E-state index >= 15 is 0 Å². The van der Waals surface area contributed by atoms with Crippen LogP contribution in [0.1, 0.15) is 6.92 Å². The molecule has 0 spiro atoms. The summed E-state index contributed by atoms with van der Waals surface area (Å²) in [5.74, 6) is 0. The summed E-state index contributed by atoms with van der Waals surface area (Å²) in [4.78, 5) is 0. The molecule has 0 aromatic rings. The van der Waals surface area contributed by atoms with Crippen molar-refractivity contribution >= 4 is 54.3 Å². The molecule has 0 rings (SSSR count). The van der Waals surface area contributed by atoms with Crippen LogP contribution in [0.5, 0.6) is 0 Å². The molecule has 1 radical (unpaired) electrons. The van der Waals surface area contributed by atoms with Crippen molar-refractivity contribution < 1.29 is 0 Å². The van der Waals surface area contributed by atoms with Gasteiger partial charge in [0.2, 0.25) is 0 Å². The fraction of sp³-hybridized carbons (Fsp3) is 1.00. The number of hydrogen-bond acceptors (Lipinski definition) is 0. The molecule has 0 aromatic carbocycles. The predicted octanol–water partition coefficient (Wildman–Crippen LogP) is -2.07. The molecular formula is C2H5B8. The minimum absolute atomic E-state index is 1.08. The second kappa shape index (κ2) is 9.52. The average molecular weight is 116 g/mol. The van der Waals surface area contributed by atoms with Crippen molar-refractivity contribution in [3.8, 4) is 0 Å². The topological polar surface area (TPSA) is 0 Å². The van der Waals surface area contributed by atoms with E-state index in [2.05, 4.69) is 13.7 Å². The number of hydrogen-bond donors (Lipinski definition) is 0. The van der Waals surface area contributed by atoms with Crippen LogP contribution in [0.25, 0.3) is 0 Å². The molecule has 0 nitrogen and oxygen atoms in total. The van der Waals surface area contributed by atoms with E-state index in [4.69, 9.17) is 7.37 Å². The molecule has 0 aliphatic carbocycles. The molecule has 0 saturated carbocycles. The summed E-state index contributed by atoms with van der Waals surface area (Å²) in [7, 11) is 5.11. The summed E-state index contributed by atoms with van der Waals surface area (Å²) in [6.45, 7) is 15.3. The van der Waals surface area contributed by atoms with Crippen molar-refractivity contribution in [3.05, 3.63) is 0 Å². The fourth-order valence-electron chi connectivity index (χ4n) is 0.471. The van der Waals surface area contributed by atoms with E-state index in [1.54, 1.807) is 6.69 Å². The first-order valence-corrected chi connectivity index (χ1v) is 3.45. The average Bonchev–Trinajstić information content (AvgIpc) is 1.97. The van der Waals surface area contributed by atoms with E-state index < -0.39 is 0 Å². The molecule has 0 aromatic heterocycles. The second-order valence-electron chi connectivity index (χ2n) is 1.80. The first kappa shape index (κ1) is 10.5. The maximum atomic E-state index is 5.11. The summed E-state index contributed by atoms with van der Waals surface area (Å²) in [6.07, 6.45) is 1.08. The van der Waals surface area contributed by atoms with Gasteiger partial charge >= 0.3 is 67.6 Å². The Kier molecular flexibility index (Phi) is 10.0. The number of rotatable bonds is 4. The third-order valence-electron chi connectivity index (χ3n) is 0.927. The van der Waals surface area contributed by atoms with Crippen molar-refractivity contribution in [1.29, 1.82) is 0 Å². The zero-order chi connectivity index (χ0) is 7.66. The molecule has 37 valence electrons. The van der Waals surface area contributed by atoms with Crippen LogP contribution >= 0.6 is 0 Å². The van der Waals surface area contributed by atoms with Crippen molar-refractivity contribution in [2.45, 2.75) is 13.2 Å².